The second kappa shape index (κ2) is 4.95. The van der Waals surface area contributed by atoms with Gasteiger partial charge in [-0.25, -0.2) is 14.6 Å². The highest BCUT2D eigenvalue weighted by Gasteiger charge is 2.21. The third-order valence-corrected chi connectivity index (χ3v) is 3.36. The first kappa shape index (κ1) is 14.0. The maximum Gasteiger partial charge on any atom is 0.371 e. The molecule has 0 saturated heterocycles. The van der Waals surface area contributed by atoms with Crippen LogP contribution in [0, 0.1) is 0 Å². The Morgan fingerprint density at radius 3 is 2.55 bits per heavy atom. The number of carbonyl (C=O) groups is 1. The van der Waals surface area contributed by atoms with Gasteiger partial charge in [0.15, 0.2) is 11.2 Å². The van der Waals surface area contributed by atoms with Gasteiger partial charge in [-0.2, -0.15) is 0 Å². The molecule has 0 spiro atoms. The average Bonchev–Trinajstić information content (AvgIpc) is 2.84. The van der Waals surface area contributed by atoms with E-state index in [1.807, 2.05) is 13.8 Å². The lowest BCUT2D eigenvalue weighted by atomic mass is 10.2. The SMILES string of the molecule is CCC(C)n1c(=O)n(CC)c(=O)c2[nH]c(C(=O)O)nc21. The summed E-state index contributed by atoms with van der Waals surface area (Å²) in [5.41, 5.74) is -0.879. The molecule has 0 fully saturated rings. The molecule has 0 aliphatic carbocycles. The van der Waals surface area contributed by atoms with Crippen molar-refractivity contribution in [3.05, 3.63) is 26.7 Å². The van der Waals surface area contributed by atoms with Crippen LogP contribution in [0.1, 0.15) is 43.9 Å². The first-order valence-corrected chi connectivity index (χ1v) is 6.40. The Labute approximate surface area is 113 Å². The molecule has 8 nitrogen and oxygen atoms in total. The molecule has 0 aliphatic heterocycles. The Hall–Kier alpha value is -2.38. The van der Waals surface area contributed by atoms with E-state index in [1.54, 1.807) is 6.92 Å². The second-order valence-corrected chi connectivity index (χ2v) is 4.55. The van der Waals surface area contributed by atoms with Crippen molar-refractivity contribution in [3.8, 4) is 0 Å². The van der Waals surface area contributed by atoms with E-state index in [1.165, 1.54) is 4.57 Å². The summed E-state index contributed by atoms with van der Waals surface area (Å²) < 4.78 is 2.43. The quantitative estimate of drug-likeness (QED) is 0.851. The van der Waals surface area contributed by atoms with Gasteiger partial charge in [-0.15, -0.1) is 0 Å². The molecule has 2 rings (SSSR count). The van der Waals surface area contributed by atoms with Gasteiger partial charge in [0.25, 0.3) is 5.56 Å². The monoisotopic (exact) mass is 280 g/mol. The van der Waals surface area contributed by atoms with Crippen molar-refractivity contribution in [1.29, 1.82) is 0 Å². The lowest BCUT2D eigenvalue weighted by molar-refractivity contribution is 0.0685. The van der Waals surface area contributed by atoms with Crippen LogP contribution >= 0.6 is 0 Å². The number of rotatable bonds is 4. The van der Waals surface area contributed by atoms with Crippen molar-refractivity contribution in [2.75, 3.05) is 0 Å². The Morgan fingerprint density at radius 2 is 2.05 bits per heavy atom. The Balaban J connectivity index is 2.98. The fraction of sp³-hybridized carbons (Fsp3) is 0.500. The van der Waals surface area contributed by atoms with E-state index in [0.717, 1.165) is 4.57 Å². The minimum Gasteiger partial charge on any atom is -0.475 e. The van der Waals surface area contributed by atoms with Crippen molar-refractivity contribution in [2.45, 2.75) is 39.8 Å². The van der Waals surface area contributed by atoms with E-state index in [9.17, 15) is 14.4 Å². The van der Waals surface area contributed by atoms with Gasteiger partial charge < -0.3 is 10.1 Å². The first-order valence-electron chi connectivity index (χ1n) is 6.40. The molecule has 0 saturated carbocycles. The van der Waals surface area contributed by atoms with Gasteiger partial charge in [-0.1, -0.05) is 6.92 Å². The first-order chi connectivity index (χ1) is 9.42. The fourth-order valence-corrected chi connectivity index (χ4v) is 2.09. The van der Waals surface area contributed by atoms with Crippen LogP contribution in [0.4, 0.5) is 0 Å². The van der Waals surface area contributed by atoms with Gasteiger partial charge in [0, 0.05) is 12.6 Å². The summed E-state index contributed by atoms with van der Waals surface area (Å²) in [6.07, 6.45) is 0.659. The molecule has 8 heteroatoms. The molecule has 2 heterocycles. The third kappa shape index (κ3) is 1.93. The van der Waals surface area contributed by atoms with Crippen LogP contribution in [-0.2, 0) is 6.54 Å². The Kier molecular flexibility index (Phi) is 3.47. The van der Waals surface area contributed by atoms with Crippen LogP contribution < -0.4 is 11.2 Å². The topological polar surface area (TPSA) is 110 Å². The molecule has 2 N–H and O–H groups in total. The summed E-state index contributed by atoms with van der Waals surface area (Å²) in [5.74, 6) is -1.62. The summed E-state index contributed by atoms with van der Waals surface area (Å²) >= 11 is 0. The maximum absolute atomic E-state index is 12.3. The zero-order valence-corrected chi connectivity index (χ0v) is 11.5. The van der Waals surface area contributed by atoms with Crippen molar-refractivity contribution < 1.29 is 9.90 Å². The van der Waals surface area contributed by atoms with Crippen LogP contribution in [-0.4, -0.2) is 30.2 Å². The fourth-order valence-electron chi connectivity index (χ4n) is 2.09. The molecule has 20 heavy (non-hydrogen) atoms. The zero-order chi connectivity index (χ0) is 15.0. The van der Waals surface area contributed by atoms with Gasteiger partial charge in [-0.3, -0.25) is 13.9 Å². The van der Waals surface area contributed by atoms with Gasteiger partial charge >= 0.3 is 11.7 Å². The lowest BCUT2D eigenvalue weighted by Gasteiger charge is -2.15. The number of fused-ring (bicyclic) bond motifs is 1. The van der Waals surface area contributed by atoms with E-state index in [2.05, 4.69) is 9.97 Å². The minimum absolute atomic E-state index is 0.0455. The largest absolute Gasteiger partial charge is 0.475 e. The minimum atomic E-state index is -1.27. The number of H-pyrrole nitrogens is 1. The van der Waals surface area contributed by atoms with Crippen LogP contribution in [0.5, 0.6) is 0 Å². The number of nitrogens with zero attached hydrogens (tertiary/aromatic N) is 3. The molecular formula is C12H16N4O4. The summed E-state index contributed by atoms with van der Waals surface area (Å²) in [4.78, 5) is 41.8. The number of carboxylic acid groups (broad SMARTS) is 1. The zero-order valence-electron chi connectivity index (χ0n) is 11.5. The van der Waals surface area contributed by atoms with E-state index < -0.39 is 17.2 Å². The predicted molar refractivity (Wildman–Crippen MR) is 72.2 cm³/mol. The number of aromatic carboxylic acids is 1. The number of aromatic amines is 1. The van der Waals surface area contributed by atoms with Crippen LogP contribution in [0.3, 0.4) is 0 Å². The molecule has 0 radical (unpaired) electrons. The van der Waals surface area contributed by atoms with E-state index in [-0.39, 0.29) is 29.6 Å². The van der Waals surface area contributed by atoms with Crippen molar-refractivity contribution in [1.82, 2.24) is 19.1 Å². The average molecular weight is 280 g/mol. The molecule has 1 unspecified atom stereocenters. The van der Waals surface area contributed by atoms with Crippen LogP contribution in [0.15, 0.2) is 9.59 Å². The number of carboxylic acids is 1. The Bertz CT molecular complexity index is 783. The van der Waals surface area contributed by atoms with Gasteiger partial charge in [0.2, 0.25) is 5.82 Å². The van der Waals surface area contributed by atoms with Crippen LogP contribution in [0.25, 0.3) is 11.2 Å². The normalized spacial score (nSPS) is 12.8. The summed E-state index contributed by atoms with van der Waals surface area (Å²) in [6.45, 7) is 5.62. The van der Waals surface area contributed by atoms with Gasteiger partial charge in [0.05, 0.1) is 0 Å². The predicted octanol–water partition coefficient (Wildman–Crippen LogP) is 0.575. The molecule has 108 valence electrons. The number of hydrogen-bond acceptors (Lipinski definition) is 4. The molecule has 0 aliphatic rings. The summed E-state index contributed by atoms with van der Waals surface area (Å²) in [7, 11) is 0. The number of nitrogens with one attached hydrogen (secondary N) is 1. The van der Waals surface area contributed by atoms with E-state index in [0.29, 0.717) is 6.42 Å². The smallest absolute Gasteiger partial charge is 0.371 e. The van der Waals surface area contributed by atoms with Gasteiger partial charge in [0.1, 0.15) is 0 Å². The standard InChI is InChI=1S/C12H16N4O4/c1-4-6(3)16-9-7(13-8(14-9)11(18)19)10(17)15(5-2)12(16)20/h6H,4-5H2,1-3H3,(H,13,14)(H,18,19). The molecule has 0 bridgehead atoms. The van der Waals surface area contributed by atoms with Crippen molar-refractivity contribution >= 4 is 17.1 Å². The van der Waals surface area contributed by atoms with Crippen LogP contribution in [0.2, 0.25) is 0 Å². The summed E-state index contributed by atoms with van der Waals surface area (Å²) in [5, 5.41) is 8.97. The maximum atomic E-state index is 12.3. The van der Waals surface area contributed by atoms with E-state index >= 15 is 0 Å². The Morgan fingerprint density at radius 1 is 1.40 bits per heavy atom. The molecule has 0 aromatic carbocycles. The molecule has 2 aromatic heterocycles. The number of aromatic nitrogens is 4. The highest BCUT2D eigenvalue weighted by atomic mass is 16.4. The molecule has 0 amide bonds. The number of hydrogen-bond donors (Lipinski definition) is 2. The molecule has 2 aromatic rings. The van der Waals surface area contributed by atoms with E-state index in [4.69, 9.17) is 5.11 Å². The summed E-state index contributed by atoms with van der Waals surface area (Å²) in [6, 6.07) is -0.187. The van der Waals surface area contributed by atoms with Crippen molar-refractivity contribution in [3.63, 3.8) is 0 Å². The molecule has 1 atom stereocenters. The van der Waals surface area contributed by atoms with Gasteiger partial charge in [-0.05, 0) is 20.3 Å². The second-order valence-electron chi connectivity index (χ2n) is 4.55. The van der Waals surface area contributed by atoms with Crippen molar-refractivity contribution in [2.24, 2.45) is 0 Å². The lowest BCUT2D eigenvalue weighted by Crippen LogP contribution is -2.40. The number of imidazole rings is 1. The molecular weight excluding hydrogens is 264 g/mol. The highest BCUT2D eigenvalue weighted by molar-refractivity contribution is 5.87. The highest BCUT2D eigenvalue weighted by Crippen LogP contribution is 2.13. The third-order valence-electron chi connectivity index (χ3n) is 3.36.